The minimum absolute atomic E-state index is 0.151. The maximum Gasteiger partial charge on any atom is 0.308 e. The quantitative estimate of drug-likeness (QED) is 0.642. The van der Waals surface area contributed by atoms with Crippen LogP contribution in [0.15, 0.2) is 0 Å². The molecule has 1 rings (SSSR count). The van der Waals surface area contributed by atoms with Crippen molar-refractivity contribution in [3.8, 4) is 0 Å². The molecule has 0 heterocycles. The van der Waals surface area contributed by atoms with Crippen LogP contribution in [-0.4, -0.2) is 23.7 Å². The van der Waals surface area contributed by atoms with E-state index in [-0.39, 0.29) is 17.4 Å². The van der Waals surface area contributed by atoms with Gasteiger partial charge in [-0.25, -0.2) is 0 Å². The molecule has 0 radical (unpaired) electrons. The summed E-state index contributed by atoms with van der Waals surface area (Å²) in [5, 5.41) is 12.4. The van der Waals surface area contributed by atoms with Crippen molar-refractivity contribution in [2.24, 2.45) is 11.3 Å². The summed E-state index contributed by atoms with van der Waals surface area (Å²) < 4.78 is 0. The molecule has 0 aromatic heterocycles. The summed E-state index contributed by atoms with van der Waals surface area (Å²) in [5.41, 5.74) is 0.286. The summed E-state index contributed by atoms with van der Waals surface area (Å²) in [6, 6.07) is 0.206. The smallest absolute Gasteiger partial charge is 0.308 e. The second kappa shape index (κ2) is 6.39. The van der Waals surface area contributed by atoms with Gasteiger partial charge in [-0.1, -0.05) is 40.0 Å². The average Bonchev–Trinajstić information content (AvgIpc) is 2.15. The number of hydrogen-bond donors (Lipinski definition) is 2. The van der Waals surface area contributed by atoms with E-state index in [0.717, 1.165) is 19.4 Å². The molecular formula is C14H27NO2. The maximum absolute atomic E-state index is 10.9. The largest absolute Gasteiger partial charge is 0.481 e. The molecule has 0 bridgehead atoms. The zero-order valence-corrected chi connectivity index (χ0v) is 11.5. The van der Waals surface area contributed by atoms with Gasteiger partial charge in [0.25, 0.3) is 0 Å². The van der Waals surface area contributed by atoms with Gasteiger partial charge in [0.1, 0.15) is 0 Å². The second-order valence-electron chi connectivity index (χ2n) is 6.13. The van der Waals surface area contributed by atoms with E-state index in [0.29, 0.717) is 0 Å². The summed E-state index contributed by atoms with van der Waals surface area (Å²) in [5.74, 6) is -0.793. The van der Waals surface area contributed by atoms with E-state index in [4.69, 9.17) is 5.11 Å². The summed E-state index contributed by atoms with van der Waals surface area (Å²) >= 11 is 0. The monoisotopic (exact) mass is 241 g/mol. The third kappa shape index (κ3) is 4.66. The highest BCUT2D eigenvalue weighted by atomic mass is 16.4. The lowest BCUT2D eigenvalue weighted by Gasteiger charge is -2.37. The number of carboxylic acids is 1. The van der Waals surface area contributed by atoms with Gasteiger partial charge in [0.05, 0.1) is 5.92 Å². The molecular weight excluding hydrogens is 214 g/mol. The molecule has 1 fully saturated rings. The van der Waals surface area contributed by atoms with Crippen molar-refractivity contribution in [1.82, 2.24) is 5.32 Å². The summed E-state index contributed by atoms with van der Waals surface area (Å²) in [6.45, 7) is 7.69. The van der Waals surface area contributed by atoms with Gasteiger partial charge in [-0.05, 0) is 24.7 Å². The van der Waals surface area contributed by atoms with E-state index >= 15 is 0 Å². The first-order chi connectivity index (χ1) is 7.96. The molecule has 2 unspecified atom stereocenters. The molecule has 17 heavy (non-hydrogen) atoms. The molecule has 1 aliphatic carbocycles. The first-order valence-corrected chi connectivity index (χ1v) is 6.92. The van der Waals surface area contributed by atoms with E-state index in [1.165, 1.54) is 25.7 Å². The number of carbonyl (C=O) groups is 1. The molecule has 1 aliphatic rings. The first kappa shape index (κ1) is 14.5. The minimum atomic E-state index is -0.641. The van der Waals surface area contributed by atoms with Gasteiger partial charge < -0.3 is 10.4 Å². The number of aliphatic carboxylic acids is 1. The lowest BCUT2D eigenvalue weighted by molar-refractivity contribution is -0.146. The lowest BCUT2D eigenvalue weighted by Crippen LogP contribution is -2.50. The van der Waals surface area contributed by atoms with Gasteiger partial charge in [0.2, 0.25) is 0 Å². The SMILES string of the molecule is CCCCCC(C)(C)CNC1CCC1C(=O)O. The second-order valence-corrected chi connectivity index (χ2v) is 6.13. The molecule has 0 saturated heterocycles. The Balaban J connectivity index is 2.22. The van der Waals surface area contributed by atoms with Crippen LogP contribution < -0.4 is 5.32 Å². The van der Waals surface area contributed by atoms with Gasteiger partial charge in [-0.15, -0.1) is 0 Å². The fourth-order valence-electron chi connectivity index (χ4n) is 2.39. The molecule has 2 N–H and O–H groups in total. The first-order valence-electron chi connectivity index (χ1n) is 6.92. The van der Waals surface area contributed by atoms with Crippen LogP contribution in [0.3, 0.4) is 0 Å². The highest BCUT2D eigenvalue weighted by molar-refractivity contribution is 5.72. The number of carboxylic acid groups (broad SMARTS) is 1. The van der Waals surface area contributed by atoms with Crippen LogP contribution in [0.5, 0.6) is 0 Å². The van der Waals surface area contributed by atoms with Crippen molar-refractivity contribution >= 4 is 5.97 Å². The van der Waals surface area contributed by atoms with Crippen molar-refractivity contribution in [2.75, 3.05) is 6.54 Å². The molecule has 3 nitrogen and oxygen atoms in total. The highest BCUT2D eigenvalue weighted by Crippen LogP contribution is 2.29. The zero-order chi connectivity index (χ0) is 12.9. The molecule has 2 atom stereocenters. The lowest BCUT2D eigenvalue weighted by atomic mass is 9.78. The Morgan fingerprint density at radius 2 is 2.06 bits per heavy atom. The van der Waals surface area contributed by atoms with Gasteiger partial charge in [-0.3, -0.25) is 4.79 Å². The van der Waals surface area contributed by atoms with Crippen LogP contribution in [0, 0.1) is 11.3 Å². The third-order valence-corrected chi connectivity index (χ3v) is 3.89. The fraction of sp³-hybridized carbons (Fsp3) is 0.929. The van der Waals surface area contributed by atoms with Crippen molar-refractivity contribution in [3.05, 3.63) is 0 Å². The predicted octanol–water partition coefficient (Wildman–Crippen LogP) is 3.05. The van der Waals surface area contributed by atoms with Crippen LogP contribution in [0.1, 0.15) is 59.3 Å². The molecule has 3 heteroatoms. The zero-order valence-electron chi connectivity index (χ0n) is 11.5. The molecule has 0 aromatic carbocycles. The van der Waals surface area contributed by atoms with Gasteiger partial charge in [0, 0.05) is 12.6 Å². The maximum atomic E-state index is 10.9. The van der Waals surface area contributed by atoms with Crippen LogP contribution in [0.25, 0.3) is 0 Å². The number of unbranched alkanes of at least 4 members (excludes halogenated alkanes) is 2. The predicted molar refractivity (Wildman–Crippen MR) is 70.1 cm³/mol. The van der Waals surface area contributed by atoms with E-state index in [2.05, 4.69) is 26.1 Å². The van der Waals surface area contributed by atoms with Crippen LogP contribution in [-0.2, 0) is 4.79 Å². The number of rotatable bonds is 8. The van der Waals surface area contributed by atoms with Gasteiger partial charge in [-0.2, -0.15) is 0 Å². The van der Waals surface area contributed by atoms with E-state index in [1.807, 2.05) is 0 Å². The Kier molecular flexibility index (Phi) is 5.44. The van der Waals surface area contributed by atoms with Gasteiger partial charge >= 0.3 is 5.97 Å². The highest BCUT2D eigenvalue weighted by Gasteiger charge is 2.36. The van der Waals surface area contributed by atoms with Crippen molar-refractivity contribution in [1.29, 1.82) is 0 Å². The summed E-state index contributed by atoms with van der Waals surface area (Å²) in [7, 11) is 0. The Morgan fingerprint density at radius 1 is 1.35 bits per heavy atom. The van der Waals surface area contributed by atoms with E-state index in [1.54, 1.807) is 0 Å². The Hall–Kier alpha value is -0.570. The Morgan fingerprint density at radius 3 is 2.53 bits per heavy atom. The molecule has 0 aliphatic heterocycles. The topological polar surface area (TPSA) is 49.3 Å². The Bertz CT molecular complexity index is 251. The number of hydrogen-bond acceptors (Lipinski definition) is 2. The Labute approximate surface area is 105 Å². The normalized spacial score (nSPS) is 24.4. The average molecular weight is 241 g/mol. The summed E-state index contributed by atoms with van der Waals surface area (Å²) in [6.07, 6.45) is 6.90. The molecule has 100 valence electrons. The third-order valence-electron chi connectivity index (χ3n) is 3.89. The van der Waals surface area contributed by atoms with E-state index < -0.39 is 5.97 Å². The van der Waals surface area contributed by atoms with Crippen LogP contribution in [0.2, 0.25) is 0 Å². The van der Waals surface area contributed by atoms with Crippen molar-refractivity contribution in [3.63, 3.8) is 0 Å². The minimum Gasteiger partial charge on any atom is -0.481 e. The van der Waals surface area contributed by atoms with Gasteiger partial charge in [0.15, 0.2) is 0 Å². The fourth-order valence-corrected chi connectivity index (χ4v) is 2.39. The molecule has 0 amide bonds. The number of nitrogens with one attached hydrogen (secondary N) is 1. The standard InChI is InChI=1S/C14H27NO2/c1-4-5-6-9-14(2,3)10-15-12-8-7-11(12)13(16)17/h11-12,15H,4-10H2,1-3H3,(H,16,17). The van der Waals surface area contributed by atoms with Crippen molar-refractivity contribution < 1.29 is 9.90 Å². The van der Waals surface area contributed by atoms with Crippen LogP contribution >= 0.6 is 0 Å². The molecule has 1 saturated carbocycles. The molecule has 0 spiro atoms. The van der Waals surface area contributed by atoms with Crippen molar-refractivity contribution in [2.45, 2.75) is 65.3 Å². The summed E-state index contributed by atoms with van der Waals surface area (Å²) in [4.78, 5) is 10.9. The van der Waals surface area contributed by atoms with E-state index in [9.17, 15) is 4.79 Å². The van der Waals surface area contributed by atoms with Crippen LogP contribution in [0.4, 0.5) is 0 Å². The molecule has 0 aromatic rings.